The second-order valence-electron chi connectivity index (χ2n) is 10.3. The molecule has 11 heteroatoms. The zero-order valence-corrected chi connectivity index (χ0v) is 21.6. The van der Waals surface area contributed by atoms with E-state index in [4.69, 9.17) is 16.3 Å². The van der Waals surface area contributed by atoms with E-state index >= 15 is 0 Å². The summed E-state index contributed by atoms with van der Waals surface area (Å²) >= 11 is 6.39. The number of carbonyl (C=O) groups is 2. The lowest BCUT2D eigenvalue weighted by Gasteiger charge is -2.20. The van der Waals surface area contributed by atoms with Crippen molar-refractivity contribution in [3.63, 3.8) is 0 Å². The Bertz CT molecular complexity index is 1370. The standard InChI is InChI=1S/C25H25ClFN5O3.ClH/c1-12-4-14(26)6-15(22(12)35-18-8-28-7-16(18)27)21-17-5-13(10-32(17)30-11-29-21)9-31-23(33)19-20(24(31)34)25(19,2)3;/h4-6,10-11,16,18-20,28H,7-9H2,1-3H3;1H/t16-,18+,19?,20?;/m0./s1. The van der Waals surface area contributed by atoms with Crippen molar-refractivity contribution in [3.05, 3.63) is 46.9 Å². The van der Waals surface area contributed by atoms with Crippen molar-refractivity contribution < 1.29 is 18.7 Å². The molecule has 0 radical (unpaired) electrons. The molecular formula is C25H26Cl2FN5O3. The number of hydrogen-bond acceptors (Lipinski definition) is 6. The molecule has 36 heavy (non-hydrogen) atoms. The van der Waals surface area contributed by atoms with Gasteiger partial charge in [0, 0.05) is 29.9 Å². The van der Waals surface area contributed by atoms with Crippen LogP contribution in [0.25, 0.3) is 16.8 Å². The number of halogens is 3. The Kier molecular flexibility index (Phi) is 6.01. The average Bonchev–Trinajstić information content (AvgIpc) is 3.16. The number of likely N-dealkylation sites (tertiary alicyclic amines) is 1. The van der Waals surface area contributed by atoms with Gasteiger partial charge in [0.2, 0.25) is 11.8 Å². The topological polar surface area (TPSA) is 88.8 Å². The molecule has 1 N–H and O–H groups in total. The van der Waals surface area contributed by atoms with Gasteiger partial charge in [-0.2, -0.15) is 5.10 Å². The van der Waals surface area contributed by atoms with E-state index in [0.717, 1.165) is 11.1 Å². The molecule has 1 saturated carbocycles. The number of nitrogens with zero attached hydrogens (tertiary/aromatic N) is 4. The summed E-state index contributed by atoms with van der Waals surface area (Å²) in [6.45, 7) is 6.62. The lowest BCUT2D eigenvalue weighted by Crippen LogP contribution is -2.35. The first-order chi connectivity index (χ1) is 16.7. The number of rotatable bonds is 5. The summed E-state index contributed by atoms with van der Waals surface area (Å²) in [6.07, 6.45) is 1.48. The van der Waals surface area contributed by atoms with Crippen LogP contribution in [0, 0.1) is 24.2 Å². The van der Waals surface area contributed by atoms with Crippen LogP contribution in [-0.4, -0.2) is 56.7 Å². The van der Waals surface area contributed by atoms with Gasteiger partial charge in [0.25, 0.3) is 0 Å². The van der Waals surface area contributed by atoms with Crippen LogP contribution in [-0.2, 0) is 16.1 Å². The maximum atomic E-state index is 14.3. The molecule has 4 atom stereocenters. The van der Waals surface area contributed by atoms with Gasteiger partial charge in [0.1, 0.15) is 23.9 Å². The van der Waals surface area contributed by atoms with Gasteiger partial charge in [0.05, 0.1) is 23.9 Å². The first-order valence-corrected chi connectivity index (χ1v) is 12.0. The molecule has 2 aromatic heterocycles. The Labute approximate surface area is 218 Å². The molecule has 3 aromatic rings. The second kappa shape index (κ2) is 8.68. The minimum Gasteiger partial charge on any atom is -0.485 e. The molecule has 190 valence electrons. The fraction of sp³-hybridized carbons (Fsp3) is 0.440. The molecule has 2 saturated heterocycles. The minimum atomic E-state index is -1.12. The van der Waals surface area contributed by atoms with Gasteiger partial charge in [0.15, 0.2) is 6.17 Å². The molecule has 3 fully saturated rings. The normalized spacial score (nSPS) is 26.3. The van der Waals surface area contributed by atoms with Crippen molar-refractivity contribution in [2.24, 2.45) is 17.3 Å². The van der Waals surface area contributed by atoms with E-state index in [1.807, 2.05) is 26.8 Å². The lowest BCUT2D eigenvalue weighted by molar-refractivity contribution is -0.143. The Hall–Kier alpha value is -2.75. The van der Waals surface area contributed by atoms with Crippen LogP contribution in [0.3, 0.4) is 0 Å². The number of nitrogens with one attached hydrogen (secondary N) is 1. The number of hydrogen-bond donors (Lipinski definition) is 1. The van der Waals surface area contributed by atoms with Crippen molar-refractivity contribution in [1.82, 2.24) is 24.8 Å². The number of amides is 2. The van der Waals surface area contributed by atoms with E-state index in [0.29, 0.717) is 34.1 Å². The van der Waals surface area contributed by atoms with E-state index in [2.05, 4.69) is 15.4 Å². The maximum Gasteiger partial charge on any atom is 0.233 e. The molecule has 3 aliphatic rings. The first-order valence-electron chi connectivity index (χ1n) is 11.7. The average molecular weight is 534 g/mol. The largest absolute Gasteiger partial charge is 0.485 e. The first kappa shape index (κ1) is 24.9. The summed E-state index contributed by atoms with van der Waals surface area (Å²) in [4.78, 5) is 31.4. The van der Waals surface area contributed by atoms with Gasteiger partial charge in [-0.15, -0.1) is 12.4 Å². The molecule has 1 aromatic carbocycles. The van der Waals surface area contributed by atoms with Crippen LogP contribution in [0.2, 0.25) is 5.02 Å². The third-order valence-corrected chi connectivity index (χ3v) is 7.76. The predicted molar refractivity (Wildman–Crippen MR) is 134 cm³/mol. The van der Waals surface area contributed by atoms with Gasteiger partial charge in [-0.3, -0.25) is 14.5 Å². The van der Waals surface area contributed by atoms with Gasteiger partial charge in [-0.25, -0.2) is 13.9 Å². The van der Waals surface area contributed by atoms with Crippen molar-refractivity contribution >= 4 is 41.3 Å². The van der Waals surface area contributed by atoms with Crippen LogP contribution in [0.4, 0.5) is 4.39 Å². The zero-order valence-electron chi connectivity index (χ0n) is 20.0. The number of benzene rings is 1. The summed E-state index contributed by atoms with van der Waals surface area (Å²) < 4.78 is 22.1. The van der Waals surface area contributed by atoms with Crippen molar-refractivity contribution in [2.45, 2.75) is 39.6 Å². The number of imide groups is 1. The Morgan fingerprint density at radius 1 is 1.19 bits per heavy atom. The molecule has 4 heterocycles. The number of alkyl halides is 1. The van der Waals surface area contributed by atoms with Gasteiger partial charge in [-0.1, -0.05) is 25.4 Å². The van der Waals surface area contributed by atoms with E-state index in [9.17, 15) is 14.0 Å². The highest BCUT2D eigenvalue weighted by Gasteiger charge is 2.72. The molecule has 6 rings (SSSR count). The second-order valence-corrected chi connectivity index (χ2v) is 10.7. The van der Waals surface area contributed by atoms with Crippen LogP contribution in [0.5, 0.6) is 5.75 Å². The van der Waals surface area contributed by atoms with Crippen LogP contribution in [0.1, 0.15) is 25.0 Å². The highest BCUT2D eigenvalue weighted by atomic mass is 35.5. The quantitative estimate of drug-likeness (QED) is 0.504. The predicted octanol–water partition coefficient (Wildman–Crippen LogP) is 3.61. The summed E-state index contributed by atoms with van der Waals surface area (Å²) in [6, 6.07) is 5.38. The summed E-state index contributed by atoms with van der Waals surface area (Å²) in [5.41, 5.74) is 3.14. The van der Waals surface area contributed by atoms with Crippen molar-refractivity contribution in [2.75, 3.05) is 13.1 Å². The molecule has 1 aliphatic carbocycles. The number of aromatic nitrogens is 3. The van der Waals surface area contributed by atoms with Crippen LogP contribution >= 0.6 is 24.0 Å². The van der Waals surface area contributed by atoms with E-state index in [-0.39, 0.29) is 54.6 Å². The van der Waals surface area contributed by atoms with Gasteiger partial charge < -0.3 is 10.1 Å². The number of fused-ring (bicyclic) bond motifs is 2. The van der Waals surface area contributed by atoms with E-state index in [1.54, 1.807) is 22.8 Å². The molecule has 0 spiro atoms. The molecule has 0 bridgehead atoms. The third-order valence-electron chi connectivity index (χ3n) is 7.55. The monoisotopic (exact) mass is 533 g/mol. The van der Waals surface area contributed by atoms with Gasteiger partial charge >= 0.3 is 0 Å². The molecule has 2 unspecified atom stereocenters. The van der Waals surface area contributed by atoms with Crippen molar-refractivity contribution in [3.8, 4) is 17.0 Å². The molecule has 2 aliphatic heterocycles. The highest BCUT2D eigenvalue weighted by molar-refractivity contribution is 6.31. The Morgan fingerprint density at radius 3 is 2.58 bits per heavy atom. The van der Waals surface area contributed by atoms with Crippen molar-refractivity contribution in [1.29, 1.82) is 0 Å². The third kappa shape index (κ3) is 3.76. The lowest BCUT2D eigenvalue weighted by atomic mass is 10.0. The molecule has 2 amide bonds. The fourth-order valence-electron chi connectivity index (χ4n) is 5.57. The van der Waals surface area contributed by atoms with Crippen LogP contribution in [0.15, 0.2) is 30.7 Å². The maximum absolute atomic E-state index is 14.3. The number of carbonyl (C=O) groups excluding carboxylic acids is 2. The zero-order chi connectivity index (χ0) is 24.6. The van der Waals surface area contributed by atoms with Crippen LogP contribution < -0.4 is 10.1 Å². The van der Waals surface area contributed by atoms with E-state index < -0.39 is 12.3 Å². The Balaban J connectivity index is 0.00000267. The smallest absolute Gasteiger partial charge is 0.233 e. The SMILES string of the molecule is Cc1cc(Cl)cc(-c2ncnn3cc(CN4C(=O)C5C(C4=O)C5(C)C)cc23)c1O[C@@H]1CNC[C@@H]1F.Cl. The Morgan fingerprint density at radius 2 is 1.92 bits per heavy atom. The summed E-state index contributed by atoms with van der Waals surface area (Å²) in [5, 5.41) is 7.82. The summed E-state index contributed by atoms with van der Waals surface area (Å²) in [7, 11) is 0. The number of piperidine rings is 1. The minimum absolute atomic E-state index is 0. The van der Waals surface area contributed by atoms with E-state index in [1.165, 1.54) is 11.2 Å². The summed E-state index contributed by atoms with van der Waals surface area (Å²) in [5.74, 6) is -0.152. The highest BCUT2D eigenvalue weighted by Crippen LogP contribution is 2.63. The van der Waals surface area contributed by atoms with Gasteiger partial charge in [-0.05, 0) is 41.7 Å². The fourth-order valence-corrected chi connectivity index (χ4v) is 5.84. The molecular weight excluding hydrogens is 508 g/mol. The number of ether oxygens (including phenoxy) is 1. The number of aryl methyl sites for hydroxylation is 1. The molecule has 8 nitrogen and oxygen atoms in total.